The van der Waals surface area contributed by atoms with Gasteiger partial charge >= 0.3 is 0 Å². The Kier molecular flexibility index (Phi) is 9.31. The van der Waals surface area contributed by atoms with Crippen LogP contribution in [0.5, 0.6) is 0 Å². The van der Waals surface area contributed by atoms with Crippen LogP contribution in [0.2, 0.25) is 0 Å². The summed E-state index contributed by atoms with van der Waals surface area (Å²) >= 11 is 1.41. The number of amides is 3. The molecule has 0 bridgehead atoms. The maximum absolute atomic E-state index is 12.8. The van der Waals surface area contributed by atoms with E-state index in [0.717, 1.165) is 23.7 Å². The Balaban J connectivity index is 1.38. The number of thiazole rings is 1. The van der Waals surface area contributed by atoms with E-state index in [4.69, 9.17) is 0 Å². The number of hydrogen-bond acceptors (Lipinski definition) is 7. The summed E-state index contributed by atoms with van der Waals surface area (Å²) in [6, 6.07) is 13.3. The third-order valence-electron chi connectivity index (χ3n) is 6.34. The zero-order valence-corrected chi connectivity index (χ0v) is 22.6. The molecule has 1 aliphatic heterocycles. The van der Waals surface area contributed by atoms with Crippen LogP contribution in [0.25, 0.3) is 0 Å². The average molecular weight is 535 g/mol. The molecule has 1 saturated heterocycles. The number of aromatic nitrogens is 1. The molecular formula is C28H34N6O3S. The lowest BCUT2D eigenvalue weighted by molar-refractivity contribution is -0.127. The van der Waals surface area contributed by atoms with E-state index >= 15 is 0 Å². The summed E-state index contributed by atoms with van der Waals surface area (Å²) in [4.78, 5) is 43.5. The fourth-order valence-electron chi connectivity index (χ4n) is 4.28. The number of carbonyl (C=O) groups excluding carboxylic acids is 3. The Labute approximate surface area is 227 Å². The van der Waals surface area contributed by atoms with Crippen molar-refractivity contribution < 1.29 is 14.4 Å². The summed E-state index contributed by atoms with van der Waals surface area (Å²) in [5.41, 5.74) is 4.23. The van der Waals surface area contributed by atoms with Crippen LogP contribution in [0.4, 0.5) is 17.1 Å². The fraction of sp³-hybridized carbons (Fsp3) is 0.357. The van der Waals surface area contributed by atoms with Crippen LogP contribution in [-0.4, -0.2) is 60.3 Å². The van der Waals surface area contributed by atoms with Crippen LogP contribution in [0.3, 0.4) is 0 Å². The molecule has 200 valence electrons. The molecule has 1 aliphatic rings. The summed E-state index contributed by atoms with van der Waals surface area (Å²) in [7, 11) is 0. The quantitative estimate of drug-likeness (QED) is 0.258. The minimum atomic E-state index is -0.330. The molecule has 3 amide bonds. The minimum absolute atomic E-state index is 0.184. The molecule has 0 spiro atoms. The molecule has 1 aromatic heterocycles. The molecule has 4 rings (SSSR count). The van der Waals surface area contributed by atoms with Gasteiger partial charge in [-0.05, 0) is 56.5 Å². The van der Waals surface area contributed by atoms with E-state index < -0.39 is 0 Å². The van der Waals surface area contributed by atoms with Crippen molar-refractivity contribution in [3.63, 3.8) is 0 Å². The normalized spacial score (nSPS) is 12.9. The molecule has 0 atom stereocenters. The van der Waals surface area contributed by atoms with Crippen molar-refractivity contribution in [1.29, 1.82) is 0 Å². The topological polar surface area (TPSA) is 115 Å². The fourth-order valence-corrected chi connectivity index (χ4v) is 4.87. The van der Waals surface area contributed by atoms with E-state index in [2.05, 4.69) is 39.2 Å². The highest BCUT2D eigenvalue weighted by Crippen LogP contribution is 2.25. The molecule has 38 heavy (non-hydrogen) atoms. The molecule has 3 aromatic rings. The minimum Gasteiger partial charge on any atom is -0.383 e. The van der Waals surface area contributed by atoms with Crippen LogP contribution in [-0.2, 0) is 4.79 Å². The predicted octanol–water partition coefficient (Wildman–Crippen LogP) is 4.28. The molecule has 10 heteroatoms. The molecule has 0 unspecified atom stereocenters. The Morgan fingerprint density at radius 1 is 0.974 bits per heavy atom. The lowest BCUT2D eigenvalue weighted by atomic mass is 10.1. The SMILES string of the molecule is Cc1nc(C(=O)Nc2cc(C(=O)NCCCN3CCCC3=O)ccc2NCCNc2ccccc2C)cs1. The van der Waals surface area contributed by atoms with Gasteiger partial charge in [-0.15, -0.1) is 11.3 Å². The van der Waals surface area contributed by atoms with Gasteiger partial charge in [-0.1, -0.05) is 18.2 Å². The van der Waals surface area contributed by atoms with E-state index in [1.807, 2.05) is 30.0 Å². The summed E-state index contributed by atoms with van der Waals surface area (Å²) in [5, 5.41) is 15.1. The summed E-state index contributed by atoms with van der Waals surface area (Å²) in [6.45, 7) is 7.09. The molecule has 0 radical (unpaired) electrons. The smallest absolute Gasteiger partial charge is 0.275 e. The maximum atomic E-state index is 12.8. The van der Waals surface area contributed by atoms with Crippen molar-refractivity contribution >= 4 is 46.1 Å². The van der Waals surface area contributed by atoms with Gasteiger partial charge in [0.15, 0.2) is 0 Å². The van der Waals surface area contributed by atoms with Gasteiger partial charge in [0, 0.05) is 55.8 Å². The first-order valence-corrected chi connectivity index (χ1v) is 13.8. The largest absolute Gasteiger partial charge is 0.383 e. The first-order valence-electron chi connectivity index (χ1n) is 12.9. The molecule has 1 fully saturated rings. The van der Waals surface area contributed by atoms with Gasteiger partial charge in [0.25, 0.3) is 11.8 Å². The van der Waals surface area contributed by atoms with Crippen LogP contribution in [0.15, 0.2) is 47.8 Å². The lowest BCUT2D eigenvalue weighted by Gasteiger charge is -2.16. The number of benzene rings is 2. The monoisotopic (exact) mass is 534 g/mol. The number of carbonyl (C=O) groups is 3. The van der Waals surface area contributed by atoms with E-state index in [-0.39, 0.29) is 17.7 Å². The molecule has 9 nitrogen and oxygen atoms in total. The van der Waals surface area contributed by atoms with E-state index in [0.29, 0.717) is 61.7 Å². The van der Waals surface area contributed by atoms with Crippen LogP contribution in [0, 0.1) is 13.8 Å². The first kappa shape index (κ1) is 27.1. The molecule has 2 heterocycles. The molecule has 2 aromatic carbocycles. The van der Waals surface area contributed by atoms with E-state index in [1.54, 1.807) is 23.6 Å². The van der Waals surface area contributed by atoms with E-state index in [1.165, 1.54) is 16.9 Å². The summed E-state index contributed by atoms with van der Waals surface area (Å²) in [5.74, 6) is -0.377. The Hall–Kier alpha value is -3.92. The lowest BCUT2D eigenvalue weighted by Crippen LogP contribution is -2.30. The van der Waals surface area contributed by atoms with Crippen LogP contribution in [0.1, 0.15) is 50.7 Å². The van der Waals surface area contributed by atoms with Gasteiger partial charge in [-0.2, -0.15) is 0 Å². The zero-order chi connectivity index (χ0) is 26.9. The highest BCUT2D eigenvalue weighted by Gasteiger charge is 2.19. The van der Waals surface area contributed by atoms with Crippen molar-refractivity contribution in [2.75, 3.05) is 48.7 Å². The van der Waals surface area contributed by atoms with E-state index in [9.17, 15) is 14.4 Å². The summed E-state index contributed by atoms with van der Waals surface area (Å²) < 4.78 is 0. The summed E-state index contributed by atoms with van der Waals surface area (Å²) in [6.07, 6.45) is 2.21. The second kappa shape index (κ2) is 13.0. The number of aryl methyl sites for hydroxylation is 2. The van der Waals surface area contributed by atoms with Crippen molar-refractivity contribution in [3.8, 4) is 0 Å². The number of nitrogens with zero attached hydrogens (tertiary/aromatic N) is 2. The maximum Gasteiger partial charge on any atom is 0.275 e. The highest BCUT2D eigenvalue weighted by molar-refractivity contribution is 7.09. The zero-order valence-electron chi connectivity index (χ0n) is 21.8. The molecular weight excluding hydrogens is 500 g/mol. The Morgan fingerprint density at radius 3 is 2.47 bits per heavy atom. The molecule has 0 aliphatic carbocycles. The van der Waals surface area contributed by atoms with Crippen LogP contribution >= 0.6 is 11.3 Å². The highest BCUT2D eigenvalue weighted by atomic mass is 32.1. The molecule has 4 N–H and O–H groups in total. The third-order valence-corrected chi connectivity index (χ3v) is 7.12. The predicted molar refractivity (Wildman–Crippen MR) is 152 cm³/mol. The number of anilines is 3. The number of rotatable bonds is 12. The first-order chi connectivity index (χ1) is 18.4. The second-order valence-corrected chi connectivity index (χ2v) is 10.3. The number of para-hydroxylation sites is 1. The van der Waals surface area contributed by atoms with Crippen molar-refractivity contribution in [2.45, 2.75) is 33.1 Å². The average Bonchev–Trinajstić information content (AvgIpc) is 3.53. The number of nitrogens with one attached hydrogen (secondary N) is 4. The van der Waals surface area contributed by atoms with Crippen LogP contribution < -0.4 is 21.3 Å². The molecule has 0 saturated carbocycles. The van der Waals surface area contributed by atoms with Gasteiger partial charge in [-0.25, -0.2) is 4.98 Å². The van der Waals surface area contributed by atoms with Crippen molar-refractivity contribution in [2.24, 2.45) is 0 Å². The number of likely N-dealkylation sites (tertiary alicyclic amines) is 1. The van der Waals surface area contributed by atoms with Gasteiger partial charge < -0.3 is 26.2 Å². The second-order valence-electron chi connectivity index (χ2n) is 9.23. The van der Waals surface area contributed by atoms with Gasteiger partial charge in [0.1, 0.15) is 5.69 Å². The van der Waals surface area contributed by atoms with Gasteiger partial charge in [-0.3, -0.25) is 14.4 Å². The Morgan fingerprint density at radius 2 is 1.76 bits per heavy atom. The van der Waals surface area contributed by atoms with Crippen molar-refractivity contribution in [1.82, 2.24) is 15.2 Å². The van der Waals surface area contributed by atoms with Gasteiger partial charge in [0.2, 0.25) is 5.91 Å². The third kappa shape index (κ3) is 7.32. The standard InChI is InChI=1S/C28H34N6O3S/c1-19-7-3-4-8-22(19)29-13-14-30-23-11-10-21(17-24(23)33-28(37)25-18-38-20(2)32-25)27(36)31-12-6-16-34-15-5-9-26(34)35/h3-4,7-8,10-11,17-18,29-30H,5-6,9,12-16H2,1-2H3,(H,31,36)(H,33,37). The Bertz CT molecular complexity index is 1290. The van der Waals surface area contributed by atoms with Gasteiger partial charge in [0.05, 0.1) is 16.4 Å². The number of hydrogen-bond donors (Lipinski definition) is 4. The van der Waals surface area contributed by atoms with Crippen molar-refractivity contribution in [3.05, 3.63) is 69.7 Å².